The molecule has 1 aromatic rings. The number of rotatable bonds is 5. The van der Waals surface area contributed by atoms with E-state index in [0.717, 1.165) is 16.8 Å². The highest BCUT2D eigenvalue weighted by molar-refractivity contribution is 9.11. The van der Waals surface area contributed by atoms with Crippen molar-refractivity contribution in [2.45, 2.75) is 32.4 Å². The molecule has 0 amide bonds. The van der Waals surface area contributed by atoms with E-state index in [9.17, 15) is 0 Å². The zero-order valence-corrected chi connectivity index (χ0v) is 10.5. The standard InChI is InChI=1S/C10H13BrN2S/c1-2-8(5-6-12)13-7-9-3-4-10(11)14-9/h3-4,8,13H,2,5,7H2,1H3/t8-/m1/s1. The van der Waals surface area contributed by atoms with Gasteiger partial charge in [-0.2, -0.15) is 5.26 Å². The van der Waals surface area contributed by atoms with Gasteiger partial charge in [-0.05, 0) is 34.5 Å². The number of hydrogen-bond acceptors (Lipinski definition) is 3. The number of thiophene rings is 1. The van der Waals surface area contributed by atoms with Crippen LogP contribution in [0.15, 0.2) is 15.9 Å². The minimum absolute atomic E-state index is 0.320. The van der Waals surface area contributed by atoms with Gasteiger partial charge in [-0.15, -0.1) is 11.3 Å². The van der Waals surface area contributed by atoms with Gasteiger partial charge in [0.2, 0.25) is 0 Å². The van der Waals surface area contributed by atoms with Gasteiger partial charge in [-0.25, -0.2) is 0 Å². The maximum absolute atomic E-state index is 8.57. The summed E-state index contributed by atoms with van der Waals surface area (Å²) in [5.74, 6) is 0. The molecule has 2 nitrogen and oxygen atoms in total. The normalized spacial score (nSPS) is 12.4. The lowest BCUT2D eigenvalue weighted by atomic mass is 10.2. The van der Waals surface area contributed by atoms with Crippen LogP contribution in [-0.2, 0) is 6.54 Å². The van der Waals surface area contributed by atoms with Crippen LogP contribution in [0, 0.1) is 11.3 Å². The molecule has 14 heavy (non-hydrogen) atoms. The van der Waals surface area contributed by atoms with Gasteiger partial charge in [0.1, 0.15) is 0 Å². The van der Waals surface area contributed by atoms with Crippen LogP contribution >= 0.6 is 27.3 Å². The Morgan fingerprint density at radius 2 is 2.43 bits per heavy atom. The average molecular weight is 273 g/mol. The van der Waals surface area contributed by atoms with Crippen LogP contribution in [-0.4, -0.2) is 6.04 Å². The zero-order valence-electron chi connectivity index (χ0n) is 8.09. The maximum atomic E-state index is 8.57. The summed E-state index contributed by atoms with van der Waals surface area (Å²) in [7, 11) is 0. The summed E-state index contributed by atoms with van der Waals surface area (Å²) in [6.07, 6.45) is 1.59. The quantitative estimate of drug-likeness (QED) is 0.893. The lowest BCUT2D eigenvalue weighted by Gasteiger charge is -2.11. The van der Waals surface area contributed by atoms with Crippen LogP contribution in [0.5, 0.6) is 0 Å². The van der Waals surface area contributed by atoms with Crippen molar-refractivity contribution in [3.05, 3.63) is 20.8 Å². The molecule has 1 atom stereocenters. The molecule has 4 heteroatoms. The Balaban J connectivity index is 2.36. The van der Waals surface area contributed by atoms with Crippen molar-refractivity contribution in [2.75, 3.05) is 0 Å². The number of nitriles is 1. The van der Waals surface area contributed by atoms with Gasteiger partial charge in [0.15, 0.2) is 0 Å². The van der Waals surface area contributed by atoms with Crippen molar-refractivity contribution in [2.24, 2.45) is 0 Å². The highest BCUT2D eigenvalue weighted by Crippen LogP contribution is 2.21. The second-order valence-corrected chi connectivity index (χ2v) is 5.60. The van der Waals surface area contributed by atoms with Crippen molar-refractivity contribution >= 4 is 27.3 Å². The third-order valence-corrected chi connectivity index (χ3v) is 3.65. The fourth-order valence-corrected chi connectivity index (χ4v) is 2.60. The van der Waals surface area contributed by atoms with Crippen molar-refractivity contribution in [3.63, 3.8) is 0 Å². The molecule has 0 radical (unpaired) electrons. The number of nitrogens with one attached hydrogen (secondary N) is 1. The molecule has 0 aliphatic heterocycles. The zero-order chi connectivity index (χ0) is 10.4. The first-order valence-electron chi connectivity index (χ1n) is 4.60. The minimum Gasteiger partial charge on any atom is -0.308 e. The molecule has 76 valence electrons. The Labute approximate surface area is 97.1 Å². The molecule has 1 aromatic heterocycles. The van der Waals surface area contributed by atoms with E-state index >= 15 is 0 Å². The summed E-state index contributed by atoms with van der Waals surface area (Å²) in [6.45, 7) is 2.95. The molecule has 0 fully saturated rings. The van der Waals surface area contributed by atoms with E-state index < -0.39 is 0 Å². The highest BCUT2D eigenvalue weighted by Gasteiger charge is 2.05. The Kier molecular flexibility index (Phi) is 5.16. The molecular formula is C10H13BrN2S. The second kappa shape index (κ2) is 6.18. The predicted octanol–water partition coefficient (Wildman–Crippen LogP) is 3.29. The van der Waals surface area contributed by atoms with Gasteiger partial charge in [0.25, 0.3) is 0 Å². The van der Waals surface area contributed by atoms with Gasteiger partial charge in [0.05, 0.1) is 16.3 Å². The first-order chi connectivity index (χ1) is 6.76. The largest absolute Gasteiger partial charge is 0.308 e. The highest BCUT2D eigenvalue weighted by atomic mass is 79.9. The molecule has 0 unspecified atom stereocenters. The van der Waals surface area contributed by atoms with Gasteiger partial charge in [-0.1, -0.05) is 6.92 Å². The molecule has 0 saturated heterocycles. The molecule has 0 spiro atoms. The minimum atomic E-state index is 0.320. The molecule has 1 rings (SSSR count). The van der Waals surface area contributed by atoms with E-state index in [2.05, 4.69) is 40.3 Å². The van der Waals surface area contributed by atoms with Crippen LogP contribution < -0.4 is 5.32 Å². The van der Waals surface area contributed by atoms with E-state index in [1.54, 1.807) is 11.3 Å². The molecular weight excluding hydrogens is 260 g/mol. The monoisotopic (exact) mass is 272 g/mol. The third kappa shape index (κ3) is 3.79. The van der Waals surface area contributed by atoms with Crippen LogP contribution in [0.1, 0.15) is 24.6 Å². The first kappa shape index (κ1) is 11.7. The summed E-state index contributed by atoms with van der Waals surface area (Å²) in [5, 5.41) is 11.9. The Morgan fingerprint density at radius 1 is 1.64 bits per heavy atom. The lowest BCUT2D eigenvalue weighted by Crippen LogP contribution is -2.26. The van der Waals surface area contributed by atoms with E-state index in [1.165, 1.54) is 4.88 Å². The number of nitrogens with zero attached hydrogens (tertiary/aromatic N) is 1. The molecule has 0 aromatic carbocycles. The van der Waals surface area contributed by atoms with E-state index in [4.69, 9.17) is 5.26 Å². The molecule has 0 aliphatic rings. The maximum Gasteiger partial charge on any atom is 0.0701 e. The predicted molar refractivity (Wildman–Crippen MR) is 63.2 cm³/mol. The summed E-state index contributed by atoms with van der Waals surface area (Å²) < 4.78 is 1.16. The van der Waals surface area contributed by atoms with Gasteiger partial charge in [0, 0.05) is 17.5 Å². The molecule has 1 heterocycles. The van der Waals surface area contributed by atoms with Crippen LogP contribution in [0.3, 0.4) is 0 Å². The Bertz CT molecular complexity index is 316. The van der Waals surface area contributed by atoms with E-state index in [1.807, 2.05) is 6.07 Å². The summed E-state index contributed by atoms with van der Waals surface area (Å²) in [4.78, 5) is 1.30. The molecule has 0 bridgehead atoms. The van der Waals surface area contributed by atoms with Gasteiger partial charge in [-0.3, -0.25) is 0 Å². The molecule has 0 aliphatic carbocycles. The smallest absolute Gasteiger partial charge is 0.0701 e. The van der Waals surface area contributed by atoms with E-state index in [0.29, 0.717) is 12.5 Å². The Morgan fingerprint density at radius 3 is 2.93 bits per heavy atom. The van der Waals surface area contributed by atoms with Crippen LogP contribution in [0.2, 0.25) is 0 Å². The van der Waals surface area contributed by atoms with Crippen molar-refractivity contribution < 1.29 is 0 Å². The van der Waals surface area contributed by atoms with Crippen molar-refractivity contribution in [1.29, 1.82) is 5.26 Å². The first-order valence-corrected chi connectivity index (χ1v) is 6.21. The number of hydrogen-bond donors (Lipinski definition) is 1. The second-order valence-electron chi connectivity index (χ2n) is 3.05. The topological polar surface area (TPSA) is 35.8 Å². The summed E-state index contributed by atoms with van der Waals surface area (Å²) in [6, 6.07) is 6.66. The van der Waals surface area contributed by atoms with Gasteiger partial charge >= 0.3 is 0 Å². The molecule has 1 N–H and O–H groups in total. The molecule has 0 saturated carbocycles. The lowest BCUT2D eigenvalue weighted by molar-refractivity contribution is 0.507. The average Bonchev–Trinajstić information content (AvgIpc) is 2.59. The summed E-state index contributed by atoms with van der Waals surface area (Å²) >= 11 is 5.15. The van der Waals surface area contributed by atoms with E-state index in [-0.39, 0.29) is 0 Å². The van der Waals surface area contributed by atoms with Crippen molar-refractivity contribution in [1.82, 2.24) is 5.32 Å². The van der Waals surface area contributed by atoms with Gasteiger partial charge < -0.3 is 5.32 Å². The summed E-state index contributed by atoms with van der Waals surface area (Å²) in [5.41, 5.74) is 0. The van der Waals surface area contributed by atoms with Crippen molar-refractivity contribution in [3.8, 4) is 6.07 Å². The SMILES string of the molecule is CC[C@H](CC#N)NCc1ccc(Br)s1. The third-order valence-electron chi connectivity index (χ3n) is 2.02. The van der Waals surface area contributed by atoms with Crippen LogP contribution in [0.4, 0.5) is 0 Å². The number of halogens is 1. The fourth-order valence-electron chi connectivity index (χ4n) is 1.16. The Hall–Kier alpha value is -0.370. The fraction of sp³-hybridized carbons (Fsp3) is 0.500. The van der Waals surface area contributed by atoms with Crippen LogP contribution in [0.25, 0.3) is 0 Å².